The average molecular weight is 402 g/mol. The normalized spacial score (nSPS) is 13.0. The number of halogens is 5. The highest BCUT2D eigenvalue weighted by molar-refractivity contribution is 8.00. The molecule has 1 atom stereocenters. The van der Waals surface area contributed by atoms with Crippen molar-refractivity contribution in [2.45, 2.75) is 23.5 Å². The first-order valence-electron chi connectivity index (χ1n) is 7.49. The van der Waals surface area contributed by atoms with E-state index in [-0.39, 0.29) is 16.5 Å². The van der Waals surface area contributed by atoms with Crippen molar-refractivity contribution >= 4 is 29.0 Å². The largest absolute Gasteiger partial charge is 0.417 e. The number of hydrogen-bond donors (Lipinski definition) is 1. The molecule has 11 heteroatoms. The second-order valence-corrected chi connectivity index (χ2v) is 6.81. The summed E-state index contributed by atoms with van der Waals surface area (Å²) in [5.41, 5.74) is -1.05. The van der Waals surface area contributed by atoms with Crippen LogP contribution in [-0.2, 0) is 11.0 Å². The maximum atomic E-state index is 13.6. The maximum Gasteiger partial charge on any atom is 0.417 e. The first kappa shape index (κ1) is 19.1. The third-order valence-corrected chi connectivity index (χ3v) is 4.59. The van der Waals surface area contributed by atoms with Gasteiger partial charge in [0.05, 0.1) is 16.5 Å². The molecule has 0 fully saturated rings. The van der Waals surface area contributed by atoms with Gasteiger partial charge < -0.3 is 5.32 Å². The molecule has 0 radical (unpaired) electrons. The van der Waals surface area contributed by atoms with Crippen molar-refractivity contribution in [3.8, 4) is 0 Å². The molecule has 2 heterocycles. The Bertz CT molecular complexity index is 1000. The number of hydrogen-bond acceptors (Lipinski definition) is 4. The van der Waals surface area contributed by atoms with Gasteiger partial charge in [0.15, 0.2) is 10.8 Å². The van der Waals surface area contributed by atoms with Crippen LogP contribution in [0.1, 0.15) is 12.5 Å². The number of alkyl halides is 3. The number of nitrogens with zero attached hydrogens (tertiary/aromatic N) is 3. The van der Waals surface area contributed by atoms with Crippen LogP contribution in [0.2, 0.25) is 0 Å². The molecule has 2 aromatic heterocycles. The van der Waals surface area contributed by atoms with Gasteiger partial charge >= 0.3 is 6.18 Å². The molecular formula is C16H11F5N4OS. The second kappa shape index (κ2) is 7.14. The average Bonchev–Trinajstić information content (AvgIpc) is 2.99. The van der Waals surface area contributed by atoms with E-state index in [1.54, 1.807) is 0 Å². The van der Waals surface area contributed by atoms with E-state index in [1.807, 2.05) is 0 Å². The quantitative estimate of drug-likeness (QED) is 0.526. The summed E-state index contributed by atoms with van der Waals surface area (Å²) >= 11 is 0.830. The standard InChI is InChI=1S/C16H11F5N4OS/c1-8(14(26)22-12-6-10(17)3-4-11(12)18)27-15-24-23-13-5-2-9(7-25(13)15)16(19,20)21/h2-8H,1H3,(H,22,26). The first-order valence-corrected chi connectivity index (χ1v) is 8.37. The van der Waals surface area contributed by atoms with Crippen LogP contribution in [0.15, 0.2) is 41.7 Å². The van der Waals surface area contributed by atoms with Crippen molar-refractivity contribution in [1.29, 1.82) is 0 Å². The van der Waals surface area contributed by atoms with Gasteiger partial charge in [-0.2, -0.15) is 13.2 Å². The Hall–Kier alpha value is -2.69. The van der Waals surface area contributed by atoms with Crippen LogP contribution in [0, 0.1) is 11.6 Å². The fourth-order valence-corrected chi connectivity index (χ4v) is 2.99. The number of pyridine rings is 1. The summed E-state index contributed by atoms with van der Waals surface area (Å²) in [6.45, 7) is 1.45. The van der Waals surface area contributed by atoms with Crippen molar-refractivity contribution in [2.24, 2.45) is 0 Å². The van der Waals surface area contributed by atoms with E-state index in [0.717, 1.165) is 52.7 Å². The summed E-state index contributed by atoms with van der Waals surface area (Å²) in [7, 11) is 0. The molecule has 0 bridgehead atoms. The predicted molar refractivity (Wildman–Crippen MR) is 88.3 cm³/mol. The van der Waals surface area contributed by atoms with Crippen molar-refractivity contribution < 1.29 is 26.7 Å². The smallest absolute Gasteiger partial charge is 0.323 e. The van der Waals surface area contributed by atoms with Gasteiger partial charge in [0, 0.05) is 12.3 Å². The molecule has 1 unspecified atom stereocenters. The lowest BCUT2D eigenvalue weighted by Crippen LogP contribution is -2.23. The fraction of sp³-hybridized carbons (Fsp3) is 0.188. The lowest BCUT2D eigenvalue weighted by atomic mass is 10.3. The molecule has 3 rings (SSSR count). The summed E-state index contributed by atoms with van der Waals surface area (Å²) in [5.74, 6) is -2.21. The zero-order valence-electron chi connectivity index (χ0n) is 13.6. The number of anilines is 1. The SMILES string of the molecule is CC(Sc1nnc2ccc(C(F)(F)F)cn12)C(=O)Nc1cc(F)ccc1F. The van der Waals surface area contributed by atoms with E-state index in [1.165, 1.54) is 6.92 Å². The van der Waals surface area contributed by atoms with Crippen LogP contribution >= 0.6 is 11.8 Å². The molecule has 0 aliphatic carbocycles. The fourth-order valence-electron chi connectivity index (χ4n) is 2.16. The minimum atomic E-state index is -4.54. The van der Waals surface area contributed by atoms with Crippen LogP contribution in [-0.4, -0.2) is 25.8 Å². The molecule has 0 aliphatic rings. The summed E-state index contributed by atoms with van der Waals surface area (Å²) in [4.78, 5) is 12.2. The third-order valence-electron chi connectivity index (χ3n) is 3.54. The lowest BCUT2D eigenvalue weighted by molar-refractivity contribution is -0.137. The number of thioether (sulfide) groups is 1. The summed E-state index contributed by atoms with van der Waals surface area (Å²) in [6, 6.07) is 4.64. The van der Waals surface area contributed by atoms with Crippen molar-refractivity contribution in [2.75, 3.05) is 5.32 Å². The molecule has 27 heavy (non-hydrogen) atoms. The molecule has 1 aromatic carbocycles. The Balaban J connectivity index is 1.80. The van der Waals surface area contributed by atoms with Crippen LogP contribution in [0.5, 0.6) is 0 Å². The molecule has 142 valence electrons. The zero-order chi connectivity index (χ0) is 19.8. The molecule has 1 amide bonds. The lowest BCUT2D eigenvalue weighted by Gasteiger charge is -2.12. The highest BCUT2D eigenvalue weighted by Crippen LogP contribution is 2.31. The van der Waals surface area contributed by atoms with Gasteiger partial charge in [-0.3, -0.25) is 9.20 Å². The molecule has 3 aromatic rings. The van der Waals surface area contributed by atoms with Crippen molar-refractivity contribution in [3.05, 3.63) is 53.7 Å². The monoisotopic (exact) mass is 402 g/mol. The minimum Gasteiger partial charge on any atom is -0.323 e. The number of carbonyl (C=O) groups excluding carboxylic acids is 1. The highest BCUT2D eigenvalue weighted by Gasteiger charge is 2.31. The predicted octanol–water partition coefficient (Wildman–Crippen LogP) is 4.15. The van der Waals surface area contributed by atoms with Crippen LogP contribution in [0.25, 0.3) is 5.65 Å². The molecule has 5 nitrogen and oxygen atoms in total. The van der Waals surface area contributed by atoms with E-state index in [9.17, 15) is 26.7 Å². The molecular weight excluding hydrogens is 391 g/mol. The van der Waals surface area contributed by atoms with Gasteiger partial charge in [-0.1, -0.05) is 11.8 Å². The van der Waals surface area contributed by atoms with Crippen LogP contribution < -0.4 is 5.32 Å². The van der Waals surface area contributed by atoms with Gasteiger partial charge in [-0.05, 0) is 31.2 Å². The van der Waals surface area contributed by atoms with Crippen molar-refractivity contribution in [1.82, 2.24) is 14.6 Å². The van der Waals surface area contributed by atoms with E-state index >= 15 is 0 Å². The number of carbonyl (C=O) groups is 1. The van der Waals surface area contributed by atoms with Crippen LogP contribution in [0.4, 0.5) is 27.6 Å². The first-order chi connectivity index (χ1) is 12.6. The number of fused-ring (bicyclic) bond motifs is 1. The maximum absolute atomic E-state index is 13.6. The molecule has 0 saturated heterocycles. The molecule has 0 aliphatic heterocycles. The highest BCUT2D eigenvalue weighted by atomic mass is 32.2. The minimum absolute atomic E-state index is 0.0541. The van der Waals surface area contributed by atoms with Gasteiger partial charge in [0.2, 0.25) is 5.91 Å². The number of amides is 1. The topological polar surface area (TPSA) is 59.3 Å². The Kier molecular flexibility index (Phi) is 5.05. The molecule has 1 N–H and O–H groups in total. The summed E-state index contributed by atoms with van der Waals surface area (Å²) in [5, 5.41) is 8.94. The molecule has 0 spiro atoms. The number of benzene rings is 1. The van der Waals surface area contributed by atoms with Gasteiger partial charge in [-0.25, -0.2) is 8.78 Å². The zero-order valence-corrected chi connectivity index (χ0v) is 14.4. The van der Waals surface area contributed by atoms with Gasteiger partial charge in [0.1, 0.15) is 11.6 Å². The van der Waals surface area contributed by atoms with Crippen molar-refractivity contribution in [3.63, 3.8) is 0 Å². The Labute approximate surface area is 153 Å². The Morgan fingerprint density at radius 2 is 1.93 bits per heavy atom. The van der Waals surface area contributed by atoms with E-state index < -0.39 is 34.5 Å². The van der Waals surface area contributed by atoms with E-state index in [0.29, 0.717) is 0 Å². The van der Waals surface area contributed by atoms with E-state index in [2.05, 4.69) is 15.5 Å². The third kappa shape index (κ3) is 4.18. The number of nitrogens with one attached hydrogen (secondary N) is 1. The Morgan fingerprint density at radius 1 is 1.19 bits per heavy atom. The van der Waals surface area contributed by atoms with Crippen LogP contribution in [0.3, 0.4) is 0 Å². The summed E-state index contributed by atoms with van der Waals surface area (Å²) in [6.07, 6.45) is -3.72. The van der Waals surface area contributed by atoms with Gasteiger partial charge in [0.25, 0.3) is 0 Å². The number of rotatable bonds is 4. The second-order valence-electron chi connectivity index (χ2n) is 5.50. The van der Waals surface area contributed by atoms with E-state index in [4.69, 9.17) is 0 Å². The number of aromatic nitrogens is 3. The Morgan fingerprint density at radius 3 is 2.63 bits per heavy atom. The summed E-state index contributed by atoms with van der Waals surface area (Å²) < 4.78 is 66.5. The molecule has 0 saturated carbocycles. The van der Waals surface area contributed by atoms with Gasteiger partial charge in [-0.15, -0.1) is 10.2 Å².